The Morgan fingerprint density at radius 3 is 2.76 bits per heavy atom. The van der Waals surface area contributed by atoms with Crippen molar-refractivity contribution in [2.24, 2.45) is 5.41 Å². The number of hydrogen-bond donors (Lipinski definition) is 2. The van der Waals surface area contributed by atoms with Crippen molar-refractivity contribution in [2.75, 3.05) is 18.5 Å². The molecule has 0 spiro atoms. The van der Waals surface area contributed by atoms with E-state index in [9.17, 15) is 5.11 Å². The summed E-state index contributed by atoms with van der Waals surface area (Å²) in [6.07, 6.45) is 7.24. The molecule has 0 radical (unpaired) electrons. The van der Waals surface area contributed by atoms with Gasteiger partial charge in [-0.05, 0) is 25.7 Å². The Morgan fingerprint density at radius 2 is 2.12 bits per heavy atom. The van der Waals surface area contributed by atoms with E-state index in [0.29, 0.717) is 5.92 Å². The Kier molecular flexibility index (Phi) is 3.04. The van der Waals surface area contributed by atoms with E-state index in [1.54, 1.807) is 0 Å². The number of aliphatic hydroxyl groups is 1. The van der Waals surface area contributed by atoms with E-state index in [1.807, 2.05) is 0 Å². The fourth-order valence-corrected chi connectivity index (χ4v) is 3.23. The fourth-order valence-electron chi connectivity index (χ4n) is 2.59. The normalized spacial score (nSPS) is 22.9. The average molecular weight is 253 g/mol. The maximum absolute atomic E-state index is 9.53. The van der Waals surface area contributed by atoms with Gasteiger partial charge in [0.25, 0.3) is 0 Å². The Morgan fingerprint density at radius 1 is 1.35 bits per heavy atom. The number of aromatic nitrogens is 2. The Bertz CT molecular complexity index is 383. The van der Waals surface area contributed by atoms with Gasteiger partial charge in [-0.1, -0.05) is 12.8 Å². The molecule has 5 heteroatoms. The lowest BCUT2D eigenvalue weighted by molar-refractivity contribution is 0.142. The predicted molar refractivity (Wildman–Crippen MR) is 68.4 cm³/mol. The van der Waals surface area contributed by atoms with Crippen LogP contribution in [-0.4, -0.2) is 27.6 Å². The third-order valence-corrected chi connectivity index (χ3v) is 4.69. The highest BCUT2D eigenvalue weighted by atomic mass is 32.1. The summed E-state index contributed by atoms with van der Waals surface area (Å²) in [6.45, 7) is 1.12. The van der Waals surface area contributed by atoms with E-state index in [0.717, 1.165) is 30.3 Å². The van der Waals surface area contributed by atoms with E-state index in [-0.39, 0.29) is 12.0 Å². The van der Waals surface area contributed by atoms with Crippen LogP contribution in [0.4, 0.5) is 5.13 Å². The summed E-state index contributed by atoms with van der Waals surface area (Å²) >= 11 is 1.46. The molecule has 0 aliphatic heterocycles. The first-order valence-electron chi connectivity index (χ1n) is 6.50. The maximum Gasteiger partial charge on any atom is 0.202 e. The van der Waals surface area contributed by atoms with Crippen molar-refractivity contribution in [1.82, 2.24) is 9.36 Å². The fraction of sp³-hybridized carbons (Fsp3) is 0.833. The molecule has 3 rings (SSSR count). The molecule has 0 atom stereocenters. The van der Waals surface area contributed by atoms with Crippen LogP contribution in [0.25, 0.3) is 0 Å². The van der Waals surface area contributed by atoms with Crippen LogP contribution in [-0.2, 0) is 0 Å². The van der Waals surface area contributed by atoms with Crippen LogP contribution in [0.5, 0.6) is 0 Å². The largest absolute Gasteiger partial charge is 0.396 e. The number of nitrogens with zero attached hydrogens (tertiary/aromatic N) is 2. The van der Waals surface area contributed by atoms with Crippen molar-refractivity contribution < 1.29 is 5.11 Å². The van der Waals surface area contributed by atoms with Crippen LogP contribution in [0.2, 0.25) is 0 Å². The van der Waals surface area contributed by atoms with E-state index in [4.69, 9.17) is 0 Å². The Labute approximate surface area is 106 Å². The highest BCUT2D eigenvalue weighted by Gasteiger charge is 2.33. The third kappa shape index (κ3) is 2.45. The quantitative estimate of drug-likeness (QED) is 0.846. The molecular formula is C12H19N3OS. The molecule has 2 aliphatic rings. The van der Waals surface area contributed by atoms with E-state index in [1.165, 1.54) is 37.2 Å². The van der Waals surface area contributed by atoms with Gasteiger partial charge in [-0.25, -0.2) is 4.98 Å². The topological polar surface area (TPSA) is 58.0 Å². The highest BCUT2D eigenvalue weighted by Crippen LogP contribution is 2.40. The van der Waals surface area contributed by atoms with Crippen LogP contribution in [0, 0.1) is 5.41 Å². The monoisotopic (exact) mass is 253 g/mol. The summed E-state index contributed by atoms with van der Waals surface area (Å²) in [6, 6.07) is 0. The molecule has 1 aromatic heterocycles. The molecular weight excluding hydrogens is 234 g/mol. The molecule has 0 aromatic carbocycles. The first-order chi connectivity index (χ1) is 8.31. The van der Waals surface area contributed by atoms with Crippen LogP contribution >= 0.6 is 11.5 Å². The number of anilines is 1. The molecule has 0 amide bonds. The molecule has 2 aliphatic carbocycles. The van der Waals surface area contributed by atoms with Crippen molar-refractivity contribution in [3.8, 4) is 0 Å². The van der Waals surface area contributed by atoms with E-state index in [2.05, 4.69) is 14.7 Å². The summed E-state index contributed by atoms with van der Waals surface area (Å²) < 4.78 is 4.38. The zero-order valence-corrected chi connectivity index (χ0v) is 10.8. The van der Waals surface area contributed by atoms with Gasteiger partial charge in [-0.2, -0.15) is 4.37 Å². The molecule has 2 saturated carbocycles. The molecule has 2 fully saturated rings. The van der Waals surface area contributed by atoms with Crippen molar-refractivity contribution in [2.45, 2.75) is 44.4 Å². The lowest BCUT2D eigenvalue weighted by atomic mass is 9.87. The number of aliphatic hydroxyl groups excluding tert-OH is 1. The molecule has 0 saturated heterocycles. The zero-order valence-electron chi connectivity index (χ0n) is 9.98. The second-order valence-electron chi connectivity index (χ2n) is 5.45. The van der Waals surface area contributed by atoms with Gasteiger partial charge in [0.15, 0.2) is 0 Å². The van der Waals surface area contributed by atoms with Crippen molar-refractivity contribution in [1.29, 1.82) is 0 Å². The molecule has 0 unspecified atom stereocenters. The summed E-state index contributed by atoms with van der Waals surface area (Å²) in [5.74, 6) is 1.64. The number of rotatable bonds is 5. The average Bonchev–Trinajstić information content (AvgIpc) is 2.94. The predicted octanol–water partition coefficient (Wildman–Crippen LogP) is 2.38. The maximum atomic E-state index is 9.53. The SMILES string of the molecule is OCC1(CNc2nc(C3CC3)ns2)CCCC1. The summed E-state index contributed by atoms with van der Waals surface area (Å²) in [7, 11) is 0. The van der Waals surface area contributed by atoms with Crippen LogP contribution in [0.1, 0.15) is 50.3 Å². The van der Waals surface area contributed by atoms with Crippen molar-refractivity contribution in [3.05, 3.63) is 5.82 Å². The first kappa shape index (κ1) is 11.4. The standard InChI is InChI=1S/C12H19N3OS/c16-8-12(5-1-2-6-12)7-13-11-14-10(15-17-11)9-3-4-9/h9,16H,1-8H2,(H,13,14,15). The van der Waals surface area contributed by atoms with Crippen molar-refractivity contribution >= 4 is 16.7 Å². The van der Waals surface area contributed by atoms with E-state index >= 15 is 0 Å². The Hall–Kier alpha value is -0.680. The van der Waals surface area contributed by atoms with Gasteiger partial charge in [0.05, 0.1) is 6.61 Å². The van der Waals surface area contributed by atoms with Crippen LogP contribution in [0.3, 0.4) is 0 Å². The number of hydrogen-bond acceptors (Lipinski definition) is 5. The van der Waals surface area contributed by atoms with Gasteiger partial charge in [0.2, 0.25) is 5.13 Å². The Balaban J connectivity index is 1.58. The first-order valence-corrected chi connectivity index (χ1v) is 7.27. The highest BCUT2D eigenvalue weighted by molar-refractivity contribution is 7.09. The lowest BCUT2D eigenvalue weighted by Crippen LogP contribution is -2.30. The second-order valence-corrected chi connectivity index (χ2v) is 6.20. The minimum Gasteiger partial charge on any atom is -0.396 e. The molecule has 1 aromatic rings. The summed E-state index contributed by atoms with van der Waals surface area (Å²) in [5, 5.41) is 13.8. The lowest BCUT2D eigenvalue weighted by Gasteiger charge is -2.26. The molecule has 4 nitrogen and oxygen atoms in total. The van der Waals surface area contributed by atoms with Gasteiger partial charge in [-0.15, -0.1) is 0 Å². The number of nitrogens with one attached hydrogen (secondary N) is 1. The zero-order chi connectivity index (χ0) is 11.7. The molecule has 94 valence electrons. The summed E-state index contributed by atoms with van der Waals surface area (Å²) in [4.78, 5) is 4.51. The summed E-state index contributed by atoms with van der Waals surface area (Å²) in [5.41, 5.74) is 0.0887. The van der Waals surface area contributed by atoms with Crippen LogP contribution in [0.15, 0.2) is 0 Å². The molecule has 17 heavy (non-hydrogen) atoms. The van der Waals surface area contributed by atoms with E-state index < -0.39 is 0 Å². The minimum atomic E-state index is 0.0887. The molecule has 2 N–H and O–H groups in total. The van der Waals surface area contributed by atoms with Gasteiger partial charge in [-0.3, -0.25) is 0 Å². The molecule has 0 bridgehead atoms. The second kappa shape index (κ2) is 4.53. The van der Waals surface area contributed by atoms with Crippen molar-refractivity contribution in [3.63, 3.8) is 0 Å². The van der Waals surface area contributed by atoms with Gasteiger partial charge >= 0.3 is 0 Å². The minimum absolute atomic E-state index is 0.0887. The van der Waals surface area contributed by atoms with Gasteiger partial charge in [0, 0.05) is 29.4 Å². The van der Waals surface area contributed by atoms with Gasteiger partial charge in [0.1, 0.15) is 5.82 Å². The van der Waals surface area contributed by atoms with Crippen LogP contribution < -0.4 is 5.32 Å². The molecule has 1 heterocycles. The smallest absolute Gasteiger partial charge is 0.202 e. The third-order valence-electron chi connectivity index (χ3n) is 4.00. The van der Waals surface area contributed by atoms with Gasteiger partial charge < -0.3 is 10.4 Å².